The fourth-order valence-corrected chi connectivity index (χ4v) is 2.12. The molecule has 0 aliphatic rings. The molecule has 0 fully saturated rings. The number of hydrogen-bond donors (Lipinski definition) is 1. The molecule has 0 radical (unpaired) electrons. The van der Waals surface area contributed by atoms with Gasteiger partial charge in [0.05, 0.1) is 11.3 Å². The highest BCUT2D eigenvalue weighted by Crippen LogP contribution is 2.26. The summed E-state index contributed by atoms with van der Waals surface area (Å²) >= 11 is 3.37. The number of carboxylic acids is 1. The molecule has 0 aliphatic heterocycles. The number of halogens is 1. The van der Waals surface area contributed by atoms with Gasteiger partial charge in [-0.15, -0.1) is 0 Å². The van der Waals surface area contributed by atoms with Crippen molar-refractivity contribution in [3.63, 3.8) is 0 Å². The van der Waals surface area contributed by atoms with Crippen LogP contribution in [0.3, 0.4) is 0 Å². The Bertz CT molecular complexity index is 429. The van der Waals surface area contributed by atoms with Crippen LogP contribution in [0, 0.1) is 0 Å². The number of aromatic carboxylic acids is 1. The average Bonchev–Trinajstić information content (AvgIpc) is 2.15. The lowest BCUT2D eigenvalue weighted by atomic mass is 10.2. The van der Waals surface area contributed by atoms with Gasteiger partial charge in [-0.1, -0.05) is 12.2 Å². The van der Waals surface area contributed by atoms with E-state index in [1.165, 1.54) is 0 Å². The number of anilines is 1. The van der Waals surface area contributed by atoms with E-state index < -0.39 is 5.97 Å². The quantitative estimate of drug-likeness (QED) is 0.863. The first-order chi connectivity index (χ1) is 7.41. The normalized spacial score (nSPS) is 9.94. The van der Waals surface area contributed by atoms with Crippen LogP contribution in [0.25, 0.3) is 0 Å². The predicted octanol–water partition coefficient (Wildman–Crippen LogP) is 3.16. The highest BCUT2D eigenvalue weighted by molar-refractivity contribution is 9.10. The Balaban J connectivity index is 2.98. The maximum absolute atomic E-state index is 10.8. The van der Waals surface area contributed by atoms with Crippen LogP contribution in [0.5, 0.6) is 0 Å². The van der Waals surface area contributed by atoms with Gasteiger partial charge in [0.25, 0.3) is 0 Å². The third-order valence-electron chi connectivity index (χ3n) is 2.11. The summed E-state index contributed by atoms with van der Waals surface area (Å²) in [6.07, 6.45) is 0. The molecule has 1 rings (SSSR count). The van der Waals surface area contributed by atoms with Crippen molar-refractivity contribution in [3.8, 4) is 0 Å². The van der Waals surface area contributed by atoms with Crippen molar-refractivity contribution in [2.45, 2.75) is 6.92 Å². The Morgan fingerprint density at radius 1 is 1.56 bits per heavy atom. The predicted molar refractivity (Wildman–Crippen MR) is 69.2 cm³/mol. The topological polar surface area (TPSA) is 40.5 Å². The maximum Gasteiger partial charge on any atom is 0.335 e. The minimum atomic E-state index is -0.921. The van der Waals surface area contributed by atoms with Gasteiger partial charge in [0.2, 0.25) is 0 Å². The first kappa shape index (κ1) is 12.8. The smallest absolute Gasteiger partial charge is 0.335 e. The number of rotatable bonds is 4. The molecule has 1 aromatic carbocycles. The Kier molecular flexibility index (Phi) is 4.12. The SMILES string of the molecule is C=C(C)CN(C)c1ccc(C(=O)O)cc1Br. The third-order valence-corrected chi connectivity index (χ3v) is 2.75. The molecule has 0 saturated carbocycles. The molecule has 0 unspecified atom stereocenters. The molecule has 0 aromatic heterocycles. The van der Waals surface area contributed by atoms with E-state index in [9.17, 15) is 4.79 Å². The maximum atomic E-state index is 10.8. The van der Waals surface area contributed by atoms with E-state index in [4.69, 9.17) is 5.11 Å². The molecule has 86 valence electrons. The number of carbonyl (C=O) groups is 1. The molecule has 0 amide bonds. The Morgan fingerprint density at radius 3 is 2.62 bits per heavy atom. The van der Waals surface area contributed by atoms with Crippen molar-refractivity contribution >= 4 is 27.6 Å². The third kappa shape index (κ3) is 3.10. The Hall–Kier alpha value is -1.29. The van der Waals surface area contributed by atoms with E-state index in [2.05, 4.69) is 22.5 Å². The number of likely N-dealkylation sites (N-methyl/N-ethyl adjacent to an activating group) is 1. The van der Waals surface area contributed by atoms with E-state index in [-0.39, 0.29) is 5.56 Å². The monoisotopic (exact) mass is 283 g/mol. The summed E-state index contributed by atoms with van der Waals surface area (Å²) in [5, 5.41) is 8.84. The summed E-state index contributed by atoms with van der Waals surface area (Å²) in [7, 11) is 1.94. The van der Waals surface area contributed by atoms with Crippen LogP contribution in [0.2, 0.25) is 0 Å². The molecule has 0 saturated heterocycles. The van der Waals surface area contributed by atoms with Gasteiger partial charge in [0, 0.05) is 18.1 Å². The van der Waals surface area contributed by atoms with Gasteiger partial charge < -0.3 is 10.0 Å². The summed E-state index contributed by atoms with van der Waals surface area (Å²) in [6.45, 7) is 6.54. The Morgan fingerprint density at radius 2 is 2.19 bits per heavy atom. The molecule has 0 bridgehead atoms. The molecule has 4 heteroatoms. The van der Waals surface area contributed by atoms with Gasteiger partial charge in [-0.25, -0.2) is 4.79 Å². The van der Waals surface area contributed by atoms with Crippen molar-refractivity contribution in [1.29, 1.82) is 0 Å². The lowest BCUT2D eigenvalue weighted by Gasteiger charge is -2.20. The van der Waals surface area contributed by atoms with Gasteiger partial charge in [0.15, 0.2) is 0 Å². The zero-order chi connectivity index (χ0) is 12.3. The highest BCUT2D eigenvalue weighted by atomic mass is 79.9. The number of nitrogens with zero attached hydrogens (tertiary/aromatic N) is 1. The summed E-state index contributed by atoms with van der Waals surface area (Å²) in [5.74, 6) is -0.921. The second-order valence-corrected chi connectivity index (χ2v) is 4.64. The molecule has 0 spiro atoms. The first-order valence-corrected chi connectivity index (χ1v) is 5.59. The summed E-state index contributed by atoms with van der Waals surface area (Å²) in [5.41, 5.74) is 2.28. The standard InChI is InChI=1S/C12H14BrNO2/c1-8(2)7-14(3)11-5-4-9(12(15)16)6-10(11)13/h4-6H,1,7H2,2-3H3,(H,15,16). The second-order valence-electron chi connectivity index (χ2n) is 3.78. The van der Waals surface area contributed by atoms with E-state index >= 15 is 0 Å². The zero-order valence-electron chi connectivity index (χ0n) is 9.33. The van der Waals surface area contributed by atoms with Crippen molar-refractivity contribution in [2.24, 2.45) is 0 Å². The molecule has 0 heterocycles. The number of carboxylic acid groups (broad SMARTS) is 1. The van der Waals surface area contributed by atoms with Gasteiger partial charge in [-0.05, 0) is 41.1 Å². The van der Waals surface area contributed by atoms with Gasteiger partial charge in [-0.2, -0.15) is 0 Å². The van der Waals surface area contributed by atoms with Crippen molar-refractivity contribution < 1.29 is 9.90 Å². The largest absolute Gasteiger partial charge is 0.478 e. The minimum absolute atomic E-state index is 0.277. The summed E-state index contributed by atoms with van der Waals surface area (Å²) in [4.78, 5) is 12.8. The fraction of sp³-hybridized carbons (Fsp3) is 0.250. The first-order valence-electron chi connectivity index (χ1n) is 4.80. The molecule has 0 atom stereocenters. The lowest BCUT2D eigenvalue weighted by Crippen LogP contribution is -2.19. The van der Waals surface area contributed by atoms with E-state index in [0.29, 0.717) is 0 Å². The van der Waals surface area contributed by atoms with Gasteiger partial charge in [-0.3, -0.25) is 0 Å². The Labute approximate surface area is 104 Å². The number of benzene rings is 1. The van der Waals surface area contributed by atoms with Crippen molar-refractivity contribution in [1.82, 2.24) is 0 Å². The van der Waals surface area contributed by atoms with Crippen LogP contribution in [0.15, 0.2) is 34.8 Å². The molecule has 1 N–H and O–H groups in total. The van der Waals surface area contributed by atoms with Crippen LogP contribution in [-0.4, -0.2) is 24.7 Å². The minimum Gasteiger partial charge on any atom is -0.478 e. The molecule has 0 aliphatic carbocycles. The average molecular weight is 284 g/mol. The molecule has 3 nitrogen and oxygen atoms in total. The number of hydrogen-bond acceptors (Lipinski definition) is 2. The van der Waals surface area contributed by atoms with Gasteiger partial charge >= 0.3 is 5.97 Å². The van der Waals surface area contributed by atoms with Crippen molar-refractivity contribution in [2.75, 3.05) is 18.5 Å². The second kappa shape index (κ2) is 5.16. The van der Waals surface area contributed by atoms with Crippen LogP contribution in [0.4, 0.5) is 5.69 Å². The van der Waals surface area contributed by atoms with Gasteiger partial charge in [0.1, 0.15) is 0 Å². The zero-order valence-corrected chi connectivity index (χ0v) is 10.9. The van der Waals surface area contributed by atoms with Crippen LogP contribution in [0.1, 0.15) is 17.3 Å². The molecule has 16 heavy (non-hydrogen) atoms. The van der Waals surface area contributed by atoms with E-state index in [1.807, 2.05) is 18.9 Å². The fourth-order valence-electron chi connectivity index (χ4n) is 1.44. The van der Waals surface area contributed by atoms with E-state index in [0.717, 1.165) is 22.3 Å². The van der Waals surface area contributed by atoms with Crippen molar-refractivity contribution in [3.05, 3.63) is 40.4 Å². The molecular weight excluding hydrogens is 270 g/mol. The molecular formula is C12H14BrNO2. The molecule has 1 aromatic rings. The van der Waals surface area contributed by atoms with Crippen LogP contribution < -0.4 is 4.90 Å². The highest BCUT2D eigenvalue weighted by Gasteiger charge is 2.09. The lowest BCUT2D eigenvalue weighted by molar-refractivity contribution is 0.0697. The summed E-state index contributed by atoms with van der Waals surface area (Å²) in [6, 6.07) is 4.99. The van der Waals surface area contributed by atoms with E-state index in [1.54, 1.807) is 18.2 Å². The summed E-state index contributed by atoms with van der Waals surface area (Å²) < 4.78 is 0.774. The van der Waals surface area contributed by atoms with Crippen LogP contribution in [-0.2, 0) is 0 Å². The van der Waals surface area contributed by atoms with Crippen LogP contribution >= 0.6 is 15.9 Å².